The lowest BCUT2D eigenvalue weighted by molar-refractivity contribution is -0.125. The summed E-state index contributed by atoms with van der Waals surface area (Å²) in [5, 5.41) is 6.96. The molecular formula is C23H29N3O4. The fraction of sp³-hybridized carbons (Fsp3) is 0.391. The van der Waals surface area contributed by atoms with Gasteiger partial charge >= 0.3 is 0 Å². The number of rotatable bonds is 10. The summed E-state index contributed by atoms with van der Waals surface area (Å²) >= 11 is 0. The summed E-state index contributed by atoms with van der Waals surface area (Å²) in [6, 6.07) is 15.0. The van der Waals surface area contributed by atoms with Gasteiger partial charge in [0.15, 0.2) is 11.5 Å². The number of oxime groups is 1. The molecule has 0 aliphatic carbocycles. The van der Waals surface area contributed by atoms with Crippen molar-refractivity contribution in [2.24, 2.45) is 5.16 Å². The van der Waals surface area contributed by atoms with Gasteiger partial charge < -0.3 is 24.5 Å². The minimum absolute atomic E-state index is 0.246. The number of ether oxygens (including phenoxy) is 2. The molecule has 1 atom stereocenters. The van der Waals surface area contributed by atoms with Crippen LogP contribution in [-0.2, 0) is 9.63 Å². The molecule has 2 aromatic rings. The molecule has 0 saturated heterocycles. The number of amides is 1. The molecule has 1 aliphatic rings. The molecule has 2 aromatic carbocycles. The van der Waals surface area contributed by atoms with Crippen LogP contribution in [0, 0.1) is 0 Å². The Balaban J connectivity index is 1.59. The first-order valence-electron chi connectivity index (χ1n) is 10.3. The number of anilines is 1. The number of nitrogens with one attached hydrogen (secondary N) is 1. The van der Waals surface area contributed by atoms with E-state index in [2.05, 4.69) is 29.2 Å². The molecule has 30 heavy (non-hydrogen) atoms. The Morgan fingerprint density at radius 2 is 1.93 bits per heavy atom. The highest BCUT2D eigenvalue weighted by atomic mass is 16.6. The number of nitrogens with zero attached hydrogens (tertiary/aromatic N) is 2. The molecule has 1 unspecified atom stereocenters. The van der Waals surface area contributed by atoms with Crippen molar-refractivity contribution in [1.82, 2.24) is 4.90 Å². The van der Waals surface area contributed by atoms with Crippen LogP contribution in [0.1, 0.15) is 25.8 Å². The smallest absolute Gasteiger partial charge is 0.268 e. The number of hydrogen-bond acceptors (Lipinski definition) is 6. The molecule has 3 rings (SSSR count). The molecule has 1 amide bonds. The summed E-state index contributed by atoms with van der Waals surface area (Å²) in [6.07, 6.45) is -0.228. The van der Waals surface area contributed by atoms with E-state index < -0.39 is 6.10 Å². The van der Waals surface area contributed by atoms with Gasteiger partial charge in [0.1, 0.15) is 6.61 Å². The summed E-state index contributed by atoms with van der Waals surface area (Å²) in [5.74, 6) is 0.972. The number of hydrogen-bond donors (Lipinski definition) is 1. The zero-order valence-corrected chi connectivity index (χ0v) is 17.8. The topological polar surface area (TPSA) is 72.4 Å². The largest absolute Gasteiger partial charge is 0.493 e. The quantitative estimate of drug-likeness (QED) is 0.647. The van der Waals surface area contributed by atoms with Crippen LogP contribution in [0.25, 0.3) is 0 Å². The maximum atomic E-state index is 12.7. The number of carbonyl (C=O) groups excluding carboxylic acids is 1. The maximum absolute atomic E-state index is 12.7. The molecule has 1 aliphatic heterocycles. The Kier molecular flexibility index (Phi) is 7.68. The van der Waals surface area contributed by atoms with E-state index in [1.165, 1.54) is 0 Å². The van der Waals surface area contributed by atoms with Crippen LogP contribution in [0.2, 0.25) is 0 Å². The van der Waals surface area contributed by atoms with Gasteiger partial charge in [-0.3, -0.25) is 4.79 Å². The lowest BCUT2D eigenvalue weighted by Gasteiger charge is -2.19. The highest BCUT2D eigenvalue weighted by Gasteiger charge is 2.29. The molecule has 1 heterocycles. The van der Waals surface area contributed by atoms with E-state index in [1.54, 1.807) is 25.3 Å². The Morgan fingerprint density at radius 3 is 2.63 bits per heavy atom. The van der Waals surface area contributed by atoms with Crippen molar-refractivity contribution in [3.05, 3.63) is 54.1 Å². The molecule has 0 bridgehead atoms. The van der Waals surface area contributed by atoms with E-state index in [1.807, 2.05) is 30.3 Å². The minimum atomic E-state index is -0.658. The zero-order valence-electron chi connectivity index (χ0n) is 17.8. The molecule has 0 saturated carbocycles. The van der Waals surface area contributed by atoms with Crippen molar-refractivity contribution in [1.29, 1.82) is 0 Å². The van der Waals surface area contributed by atoms with Crippen molar-refractivity contribution in [3.63, 3.8) is 0 Å². The van der Waals surface area contributed by atoms with Crippen LogP contribution >= 0.6 is 0 Å². The second-order valence-electron chi connectivity index (χ2n) is 6.93. The van der Waals surface area contributed by atoms with Crippen LogP contribution < -0.4 is 14.8 Å². The third kappa shape index (κ3) is 5.51. The molecular weight excluding hydrogens is 382 g/mol. The minimum Gasteiger partial charge on any atom is -0.493 e. The second-order valence-corrected chi connectivity index (χ2v) is 6.93. The predicted octanol–water partition coefficient (Wildman–Crippen LogP) is 3.55. The number of carbonyl (C=O) groups is 1. The standard InChI is InChI=1S/C23H29N3O4/c1-4-26(5-2)13-14-29-21-15-18(11-12-20(21)28-3)24-23(27)22-16-19(25-30-22)17-9-7-6-8-10-17/h6-12,15,22H,4-5,13-14,16H2,1-3H3,(H,24,27). The van der Waals surface area contributed by atoms with Crippen molar-refractivity contribution in [2.75, 3.05) is 38.7 Å². The van der Waals surface area contributed by atoms with E-state index in [0.717, 1.165) is 30.9 Å². The lowest BCUT2D eigenvalue weighted by atomic mass is 10.0. The van der Waals surface area contributed by atoms with E-state index >= 15 is 0 Å². The van der Waals surface area contributed by atoms with E-state index in [9.17, 15) is 4.79 Å². The highest BCUT2D eigenvalue weighted by molar-refractivity contribution is 6.06. The normalized spacial score (nSPS) is 15.5. The summed E-state index contributed by atoms with van der Waals surface area (Å²) in [6.45, 7) is 7.55. The van der Waals surface area contributed by atoms with Gasteiger partial charge in [0, 0.05) is 24.7 Å². The SMILES string of the molecule is CCN(CC)CCOc1cc(NC(=O)C2CC(c3ccccc3)=NO2)ccc1OC. The summed E-state index contributed by atoms with van der Waals surface area (Å²) in [5.41, 5.74) is 2.35. The first kappa shape index (κ1) is 21.6. The van der Waals surface area contributed by atoms with E-state index in [0.29, 0.717) is 30.2 Å². The maximum Gasteiger partial charge on any atom is 0.268 e. The first-order valence-corrected chi connectivity index (χ1v) is 10.3. The third-order valence-electron chi connectivity index (χ3n) is 5.06. The van der Waals surface area contributed by atoms with Gasteiger partial charge in [0.25, 0.3) is 5.91 Å². The Bertz CT molecular complexity index is 866. The van der Waals surface area contributed by atoms with E-state index in [4.69, 9.17) is 14.3 Å². The van der Waals surface area contributed by atoms with Crippen molar-refractivity contribution in [2.45, 2.75) is 26.4 Å². The Labute approximate surface area is 177 Å². The van der Waals surface area contributed by atoms with Crippen LogP contribution in [-0.4, -0.2) is 56.0 Å². The predicted molar refractivity (Wildman–Crippen MR) is 117 cm³/mol. The summed E-state index contributed by atoms with van der Waals surface area (Å²) < 4.78 is 11.3. The molecule has 1 N–H and O–H groups in total. The lowest BCUT2D eigenvalue weighted by Crippen LogP contribution is -2.28. The monoisotopic (exact) mass is 411 g/mol. The van der Waals surface area contributed by atoms with Crippen LogP contribution in [0.4, 0.5) is 5.69 Å². The third-order valence-corrected chi connectivity index (χ3v) is 5.06. The zero-order chi connectivity index (χ0) is 21.3. The average Bonchev–Trinajstić information content (AvgIpc) is 3.28. The Morgan fingerprint density at radius 1 is 1.17 bits per heavy atom. The molecule has 0 fully saturated rings. The first-order chi connectivity index (χ1) is 14.6. The highest BCUT2D eigenvalue weighted by Crippen LogP contribution is 2.30. The molecule has 0 aromatic heterocycles. The number of benzene rings is 2. The molecule has 0 spiro atoms. The number of likely N-dealkylation sites (N-methyl/N-ethyl adjacent to an activating group) is 1. The fourth-order valence-electron chi connectivity index (χ4n) is 3.23. The summed E-state index contributed by atoms with van der Waals surface area (Å²) in [4.78, 5) is 20.3. The van der Waals surface area contributed by atoms with Gasteiger partial charge in [-0.2, -0.15) is 0 Å². The van der Waals surface area contributed by atoms with Gasteiger partial charge in [-0.1, -0.05) is 49.3 Å². The number of methoxy groups -OCH3 is 1. The van der Waals surface area contributed by atoms with Gasteiger partial charge in [-0.05, 0) is 30.8 Å². The van der Waals surface area contributed by atoms with Crippen molar-refractivity contribution < 1.29 is 19.1 Å². The van der Waals surface area contributed by atoms with Gasteiger partial charge in [-0.15, -0.1) is 0 Å². The van der Waals surface area contributed by atoms with Crippen LogP contribution in [0.5, 0.6) is 11.5 Å². The van der Waals surface area contributed by atoms with Crippen LogP contribution in [0.3, 0.4) is 0 Å². The Hall–Kier alpha value is -3.06. The van der Waals surface area contributed by atoms with Gasteiger partial charge in [0.05, 0.1) is 12.8 Å². The molecule has 0 radical (unpaired) electrons. The van der Waals surface area contributed by atoms with Crippen molar-refractivity contribution >= 4 is 17.3 Å². The molecule has 7 heteroatoms. The van der Waals surface area contributed by atoms with Crippen LogP contribution in [0.15, 0.2) is 53.7 Å². The van der Waals surface area contributed by atoms with Gasteiger partial charge in [0.2, 0.25) is 6.10 Å². The van der Waals surface area contributed by atoms with Gasteiger partial charge in [-0.25, -0.2) is 0 Å². The molecule has 7 nitrogen and oxygen atoms in total. The summed E-state index contributed by atoms with van der Waals surface area (Å²) in [7, 11) is 1.60. The average molecular weight is 412 g/mol. The second kappa shape index (κ2) is 10.6. The van der Waals surface area contributed by atoms with E-state index in [-0.39, 0.29) is 5.91 Å². The fourth-order valence-corrected chi connectivity index (χ4v) is 3.23. The van der Waals surface area contributed by atoms with Crippen molar-refractivity contribution in [3.8, 4) is 11.5 Å². The molecule has 160 valence electrons.